The smallest absolute Gasteiger partial charge is 0.0558 e. The van der Waals surface area contributed by atoms with E-state index in [0.717, 1.165) is 19.6 Å². The van der Waals surface area contributed by atoms with Crippen molar-refractivity contribution in [1.29, 1.82) is 0 Å². The van der Waals surface area contributed by atoms with Gasteiger partial charge in [-0.05, 0) is 24.7 Å². The van der Waals surface area contributed by atoms with Gasteiger partial charge in [-0.25, -0.2) is 0 Å². The number of fused-ring (bicyclic) bond motifs is 2. The van der Waals surface area contributed by atoms with E-state index in [0.29, 0.717) is 17.9 Å². The molecule has 2 atom stereocenters. The van der Waals surface area contributed by atoms with Crippen LogP contribution in [0.1, 0.15) is 19.3 Å². The highest BCUT2D eigenvalue weighted by molar-refractivity contribution is 4.92. The predicted molar refractivity (Wildman–Crippen MR) is 52.3 cm³/mol. The van der Waals surface area contributed by atoms with Crippen LogP contribution in [0.15, 0.2) is 0 Å². The monoisotopic (exact) mass is 184 g/mol. The number of piperidine rings is 1. The van der Waals surface area contributed by atoms with Crippen LogP contribution in [-0.4, -0.2) is 42.3 Å². The molecule has 1 saturated carbocycles. The lowest BCUT2D eigenvalue weighted by Gasteiger charge is -2.45. The number of aliphatic hydroxyl groups is 1. The van der Waals surface area contributed by atoms with Crippen molar-refractivity contribution >= 4 is 0 Å². The summed E-state index contributed by atoms with van der Waals surface area (Å²) in [5.74, 6) is 1.39. The fraction of sp³-hybridized carbons (Fsp3) is 1.00. The Morgan fingerprint density at radius 1 is 1.23 bits per heavy atom. The summed E-state index contributed by atoms with van der Waals surface area (Å²) in [6.07, 6.45) is 3.94. The van der Waals surface area contributed by atoms with Gasteiger partial charge in [-0.15, -0.1) is 0 Å². The molecule has 1 aliphatic carbocycles. The van der Waals surface area contributed by atoms with Gasteiger partial charge in [0.1, 0.15) is 0 Å². The molecule has 1 aliphatic heterocycles. The van der Waals surface area contributed by atoms with Crippen molar-refractivity contribution in [2.75, 3.05) is 26.2 Å². The Hall–Kier alpha value is -0.120. The van der Waals surface area contributed by atoms with E-state index in [-0.39, 0.29) is 6.61 Å². The first-order valence-corrected chi connectivity index (χ1v) is 5.40. The van der Waals surface area contributed by atoms with Gasteiger partial charge in [0.2, 0.25) is 0 Å². The van der Waals surface area contributed by atoms with Crippen molar-refractivity contribution in [2.45, 2.75) is 25.3 Å². The summed E-state index contributed by atoms with van der Waals surface area (Å²) >= 11 is 0. The van der Waals surface area contributed by atoms with Crippen LogP contribution in [-0.2, 0) is 0 Å². The Kier molecular flexibility index (Phi) is 2.86. The topological polar surface area (TPSA) is 49.5 Å². The lowest BCUT2D eigenvalue weighted by Crippen LogP contribution is -2.55. The molecule has 3 nitrogen and oxygen atoms in total. The van der Waals surface area contributed by atoms with E-state index in [1.165, 1.54) is 19.3 Å². The van der Waals surface area contributed by atoms with Gasteiger partial charge in [0.25, 0.3) is 0 Å². The Balaban J connectivity index is 1.95. The Labute approximate surface area is 79.9 Å². The summed E-state index contributed by atoms with van der Waals surface area (Å²) < 4.78 is 0. The van der Waals surface area contributed by atoms with E-state index in [2.05, 4.69) is 4.90 Å². The average Bonchev–Trinajstić information content (AvgIpc) is 2.07. The molecule has 76 valence electrons. The van der Waals surface area contributed by atoms with Gasteiger partial charge in [0.15, 0.2) is 0 Å². The van der Waals surface area contributed by atoms with Crippen molar-refractivity contribution < 1.29 is 5.11 Å². The minimum absolute atomic E-state index is 0.286. The highest BCUT2D eigenvalue weighted by Gasteiger charge is 2.36. The zero-order chi connectivity index (χ0) is 9.26. The number of likely N-dealkylation sites (tertiary alicyclic amines) is 1. The highest BCUT2D eigenvalue weighted by atomic mass is 16.3. The highest BCUT2D eigenvalue weighted by Crippen LogP contribution is 2.33. The maximum Gasteiger partial charge on any atom is 0.0558 e. The Morgan fingerprint density at radius 3 is 2.38 bits per heavy atom. The lowest BCUT2D eigenvalue weighted by molar-refractivity contribution is 0.0526. The predicted octanol–water partition coefficient (Wildman–Crippen LogP) is 0.0379. The van der Waals surface area contributed by atoms with E-state index in [4.69, 9.17) is 10.8 Å². The van der Waals surface area contributed by atoms with Crippen LogP contribution in [0.2, 0.25) is 0 Å². The molecular weight excluding hydrogens is 164 g/mol. The van der Waals surface area contributed by atoms with Crippen molar-refractivity contribution in [2.24, 2.45) is 17.6 Å². The first-order valence-electron chi connectivity index (χ1n) is 5.40. The number of hydrogen-bond acceptors (Lipinski definition) is 3. The number of nitrogens with two attached hydrogens (primary N) is 1. The van der Waals surface area contributed by atoms with Crippen molar-refractivity contribution in [1.82, 2.24) is 4.90 Å². The van der Waals surface area contributed by atoms with Gasteiger partial charge >= 0.3 is 0 Å². The molecule has 0 radical (unpaired) electrons. The molecule has 2 bridgehead atoms. The normalized spacial score (nSPS) is 40.6. The summed E-state index contributed by atoms with van der Waals surface area (Å²) in [5.41, 5.74) is 6.15. The van der Waals surface area contributed by atoms with E-state index < -0.39 is 0 Å². The quantitative estimate of drug-likeness (QED) is 0.637. The van der Waals surface area contributed by atoms with Crippen molar-refractivity contribution in [3.63, 3.8) is 0 Å². The lowest BCUT2D eigenvalue weighted by atomic mass is 9.74. The van der Waals surface area contributed by atoms with Crippen LogP contribution >= 0.6 is 0 Å². The van der Waals surface area contributed by atoms with Gasteiger partial charge in [-0.3, -0.25) is 0 Å². The van der Waals surface area contributed by atoms with Crippen molar-refractivity contribution in [3.8, 4) is 0 Å². The van der Waals surface area contributed by atoms with Gasteiger partial charge in [-0.2, -0.15) is 0 Å². The van der Waals surface area contributed by atoms with E-state index >= 15 is 0 Å². The summed E-state index contributed by atoms with van der Waals surface area (Å²) in [4.78, 5) is 2.37. The summed E-state index contributed by atoms with van der Waals surface area (Å²) in [5, 5.41) is 8.87. The second-order valence-corrected chi connectivity index (χ2v) is 4.51. The number of nitrogens with zero attached hydrogens (tertiary/aromatic N) is 1. The van der Waals surface area contributed by atoms with Crippen LogP contribution < -0.4 is 5.73 Å². The Morgan fingerprint density at radius 2 is 1.85 bits per heavy atom. The largest absolute Gasteiger partial charge is 0.395 e. The fourth-order valence-corrected chi connectivity index (χ4v) is 2.90. The summed E-state index contributed by atoms with van der Waals surface area (Å²) in [7, 11) is 0. The van der Waals surface area contributed by atoms with Gasteiger partial charge in [0.05, 0.1) is 6.61 Å². The van der Waals surface area contributed by atoms with Crippen LogP contribution in [0.25, 0.3) is 0 Å². The number of β-amino-alcohol motifs (C(OH)–C–C–N with tert-alkyl or cyclic N) is 1. The second kappa shape index (κ2) is 3.95. The molecule has 13 heavy (non-hydrogen) atoms. The third-order valence-electron chi connectivity index (χ3n) is 3.64. The summed E-state index contributed by atoms with van der Waals surface area (Å²) in [6, 6.07) is 0.434. The molecule has 2 aliphatic rings. The molecular formula is C10H20N2O. The number of aliphatic hydroxyl groups excluding tert-OH is 1. The zero-order valence-corrected chi connectivity index (χ0v) is 8.15. The van der Waals surface area contributed by atoms with Crippen LogP contribution in [0.3, 0.4) is 0 Å². The first-order chi connectivity index (χ1) is 6.31. The molecule has 0 aromatic rings. The van der Waals surface area contributed by atoms with Gasteiger partial charge in [-0.1, -0.05) is 6.42 Å². The van der Waals surface area contributed by atoms with E-state index in [1.807, 2.05) is 0 Å². The van der Waals surface area contributed by atoms with Crippen LogP contribution in [0.4, 0.5) is 0 Å². The molecule has 1 saturated heterocycles. The SMILES string of the molecule is NC1C2CCCC1CN(CCO)C2. The number of rotatable bonds is 2. The van der Waals surface area contributed by atoms with Crippen LogP contribution in [0, 0.1) is 11.8 Å². The Bertz CT molecular complexity index is 160. The molecule has 2 fully saturated rings. The minimum atomic E-state index is 0.286. The molecule has 1 heterocycles. The molecule has 0 spiro atoms. The molecule has 0 amide bonds. The molecule has 2 unspecified atom stereocenters. The third kappa shape index (κ3) is 1.87. The minimum Gasteiger partial charge on any atom is -0.395 e. The maximum absolute atomic E-state index is 8.87. The molecule has 3 heteroatoms. The fourth-order valence-electron chi connectivity index (χ4n) is 2.90. The first kappa shape index (κ1) is 9.44. The van der Waals surface area contributed by atoms with Crippen molar-refractivity contribution in [3.05, 3.63) is 0 Å². The van der Waals surface area contributed by atoms with Gasteiger partial charge < -0.3 is 15.7 Å². The maximum atomic E-state index is 8.87. The summed E-state index contributed by atoms with van der Waals surface area (Å²) in [6.45, 7) is 3.34. The van der Waals surface area contributed by atoms with E-state index in [9.17, 15) is 0 Å². The molecule has 0 aromatic heterocycles. The molecule has 0 aromatic carbocycles. The van der Waals surface area contributed by atoms with E-state index in [1.54, 1.807) is 0 Å². The number of hydrogen-bond donors (Lipinski definition) is 2. The van der Waals surface area contributed by atoms with Crippen LogP contribution in [0.5, 0.6) is 0 Å². The third-order valence-corrected chi connectivity index (χ3v) is 3.64. The zero-order valence-electron chi connectivity index (χ0n) is 8.15. The average molecular weight is 184 g/mol. The van der Waals surface area contributed by atoms with Gasteiger partial charge in [0, 0.05) is 25.7 Å². The molecule has 3 N–H and O–H groups in total. The standard InChI is InChI=1S/C10H20N2O/c11-10-8-2-1-3-9(10)7-12(6-8)4-5-13/h8-10,13H,1-7,11H2. The second-order valence-electron chi connectivity index (χ2n) is 4.51. The molecule has 2 rings (SSSR count).